The fourth-order valence-corrected chi connectivity index (χ4v) is 1.29. The van der Waals surface area contributed by atoms with Gasteiger partial charge in [0.05, 0.1) is 6.10 Å². The molecule has 0 fully saturated rings. The van der Waals surface area contributed by atoms with E-state index in [4.69, 9.17) is 10.5 Å². The molecular weight excluding hydrogens is 222 g/mol. The van der Waals surface area contributed by atoms with Crippen molar-refractivity contribution in [2.75, 3.05) is 0 Å². The van der Waals surface area contributed by atoms with Crippen LogP contribution in [0.1, 0.15) is 34.6 Å². The second kappa shape index (κ2) is 5.56. The topological polar surface area (TPSA) is 89.6 Å². The van der Waals surface area contributed by atoms with Crippen molar-refractivity contribution in [1.29, 1.82) is 0 Å². The van der Waals surface area contributed by atoms with Crippen LogP contribution in [0.4, 0.5) is 0 Å². The Morgan fingerprint density at radius 1 is 1.29 bits per heavy atom. The first-order valence-electron chi connectivity index (χ1n) is 5.19. The van der Waals surface area contributed by atoms with E-state index in [0.29, 0.717) is 0 Å². The number of primary amides is 1. The minimum absolute atomic E-state index is 0.189. The maximum atomic E-state index is 11.7. The van der Waals surface area contributed by atoms with Gasteiger partial charge in [0.25, 0.3) is 0 Å². The molecular formula is C12H15NO4. The number of rotatable bonds is 5. The summed E-state index contributed by atoms with van der Waals surface area (Å²) in [6.07, 6.45) is -1.80. The molecule has 0 aliphatic carbocycles. The van der Waals surface area contributed by atoms with Crippen LogP contribution in [0.2, 0.25) is 0 Å². The van der Waals surface area contributed by atoms with Crippen molar-refractivity contribution in [3.8, 4) is 0 Å². The van der Waals surface area contributed by atoms with Crippen LogP contribution in [0.25, 0.3) is 0 Å². The third-order valence-corrected chi connectivity index (χ3v) is 2.06. The summed E-state index contributed by atoms with van der Waals surface area (Å²) in [5, 5.41) is 9.48. The Bertz CT molecular complexity index is 428. The second-order valence-corrected chi connectivity index (χ2v) is 3.85. The number of hydrogen-bond acceptors (Lipinski definition) is 4. The largest absolute Gasteiger partial charge is 0.366 e. The summed E-state index contributed by atoms with van der Waals surface area (Å²) < 4.78 is 4.96. The molecule has 17 heavy (non-hydrogen) atoms. The standard InChI is InChI=1S/C12H15NO4/c1-7(2)17-12(16)10(14)8-4-3-5-9(6-8)11(13)15/h3-7,12,16H,1-2H3,(H2,13,15). The number of aliphatic hydroxyl groups is 1. The number of hydrogen-bond donors (Lipinski definition) is 2. The van der Waals surface area contributed by atoms with Gasteiger partial charge in [0.1, 0.15) is 0 Å². The van der Waals surface area contributed by atoms with Crippen molar-refractivity contribution < 1.29 is 19.4 Å². The molecule has 1 unspecified atom stereocenters. The Morgan fingerprint density at radius 2 is 1.88 bits per heavy atom. The molecule has 0 aliphatic heterocycles. The van der Waals surface area contributed by atoms with E-state index in [1.165, 1.54) is 24.3 Å². The molecule has 0 radical (unpaired) electrons. The molecule has 3 N–H and O–H groups in total. The van der Waals surface area contributed by atoms with Crippen LogP contribution in [-0.2, 0) is 4.74 Å². The van der Waals surface area contributed by atoms with Crippen LogP contribution in [0.15, 0.2) is 24.3 Å². The fraction of sp³-hybridized carbons (Fsp3) is 0.333. The summed E-state index contributed by atoms with van der Waals surface area (Å²) in [7, 11) is 0. The highest BCUT2D eigenvalue weighted by atomic mass is 16.6. The number of ether oxygens (including phenoxy) is 1. The number of amides is 1. The van der Waals surface area contributed by atoms with Crippen molar-refractivity contribution in [2.24, 2.45) is 5.73 Å². The second-order valence-electron chi connectivity index (χ2n) is 3.85. The third kappa shape index (κ3) is 3.65. The average Bonchev–Trinajstić information content (AvgIpc) is 2.27. The predicted molar refractivity (Wildman–Crippen MR) is 61.5 cm³/mol. The molecule has 1 atom stereocenters. The molecule has 0 saturated heterocycles. The smallest absolute Gasteiger partial charge is 0.248 e. The first kappa shape index (κ1) is 13.3. The Morgan fingerprint density at radius 3 is 2.41 bits per heavy atom. The number of aliphatic hydroxyl groups excluding tert-OH is 1. The molecule has 0 spiro atoms. The normalized spacial score (nSPS) is 12.5. The molecule has 0 heterocycles. The first-order chi connectivity index (χ1) is 7.91. The highest BCUT2D eigenvalue weighted by Crippen LogP contribution is 2.09. The number of ketones is 1. The van der Waals surface area contributed by atoms with E-state index < -0.39 is 18.0 Å². The summed E-state index contributed by atoms with van der Waals surface area (Å²) >= 11 is 0. The van der Waals surface area contributed by atoms with Gasteiger partial charge in [-0.25, -0.2) is 0 Å². The lowest BCUT2D eigenvalue weighted by Gasteiger charge is -2.13. The Hall–Kier alpha value is -1.72. The van der Waals surface area contributed by atoms with Gasteiger partial charge in [0.15, 0.2) is 0 Å². The van der Waals surface area contributed by atoms with E-state index in [2.05, 4.69) is 0 Å². The van der Waals surface area contributed by atoms with Crippen LogP contribution in [0.5, 0.6) is 0 Å². The minimum atomic E-state index is -1.53. The predicted octanol–water partition coefficient (Wildman–Crippen LogP) is 0.712. The quantitative estimate of drug-likeness (QED) is 0.583. The number of Topliss-reactive ketones (excluding diaryl/α,β-unsaturated/α-hetero) is 1. The molecule has 1 rings (SSSR count). The molecule has 92 valence electrons. The zero-order valence-electron chi connectivity index (χ0n) is 9.71. The summed E-state index contributed by atoms with van der Waals surface area (Å²) in [4.78, 5) is 22.7. The lowest BCUT2D eigenvalue weighted by Crippen LogP contribution is -2.27. The molecule has 0 aliphatic rings. The van der Waals surface area contributed by atoms with E-state index >= 15 is 0 Å². The molecule has 1 amide bonds. The number of carbonyl (C=O) groups is 2. The highest BCUT2D eigenvalue weighted by Gasteiger charge is 2.19. The first-order valence-corrected chi connectivity index (χ1v) is 5.19. The molecule has 5 heteroatoms. The van der Waals surface area contributed by atoms with Gasteiger partial charge in [-0.15, -0.1) is 0 Å². The lowest BCUT2D eigenvalue weighted by atomic mass is 10.1. The highest BCUT2D eigenvalue weighted by molar-refractivity contribution is 6.01. The SMILES string of the molecule is CC(C)OC(O)C(=O)c1cccc(C(N)=O)c1. The van der Waals surface area contributed by atoms with Crippen molar-refractivity contribution in [3.63, 3.8) is 0 Å². The molecule has 1 aromatic carbocycles. The Balaban J connectivity index is 2.89. The zero-order valence-corrected chi connectivity index (χ0v) is 9.71. The van der Waals surface area contributed by atoms with Gasteiger partial charge >= 0.3 is 0 Å². The fourth-order valence-electron chi connectivity index (χ4n) is 1.29. The van der Waals surface area contributed by atoms with Crippen LogP contribution >= 0.6 is 0 Å². The Kier molecular flexibility index (Phi) is 4.37. The number of carbonyl (C=O) groups excluding carboxylic acids is 2. The van der Waals surface area contributed by atoms with Gasteiger partial charge in [0.2, 0.25) is 18.0 Å². The minimum Gasteiger partial charge on any atom is -0.366 e. The van der Waals surface area contributed by atoms with E-state index in [9.17, 15) is 14.7 Å². The lowest BCUT2D eigenvalue weighted by molar-refractivity contribution is -0.0971. The molecule has 5 nitrogen and oxygen atoms in total. The molecule has 1 aromatic rings. The monoisotopic (exact) mass is 237 g/mol. The van der Waals surface area contributed by atoms with E-state index in [0.717, 1.165) is 0 Å². The van der Waals surface area contributed by atoms with Crippen LogP contribution in [0, 0.1) is 0 Å². The van der Waals surface area contributed by atoms with Crippen LogP contribution in [-0.4, -0.2) is 29.2 Å². The Labute approximate surface area is 99.2 Å². The summed E-state index contributed by atoms with van der Waals surface area (Å²) in [6, 6.07) is 5.84. The van der Waals surface area contributed by atoms with Gasteiger partial charge in [0, 0.05) is 11.1 Å². The average molecular weight is 237 g/mol. The van der Waals surface area contributed by atoms with E-state index in [1.807, 2.05) is 0 Å². The molecule has 0 bridgehead atoms. The summed E-state index contributed by atoms with van der Waals surface area (Å²) in [5.41, 5.74) is 5.50. The number of benzene rings is 1. The summed E-state index contributed by atoms with van der Waals surface area (Å²) in [5.74, 6) is -1.22. The van der Waals surface area contributed by atoms with Crippen molar-refractivity contribution in [2.45, 2.75) is 26.2 Å². The van der Waals surface area contributed by atoms with Crippen LogP contribution < -0.4 is 5.73 Å². The van der Waals surface area contributed by atoms with Crippen molar-refractivity contribution in [1.82, 2.24) is 0 Å². The van der Waals surface area contributed by atoms with Gasteiger partial charge in [-0.2, -0.15) is 0 Å². The van der Waals surface area contributed by atoms with Crippen molar-refractivity contribution >= 4 is 11.7 Å². The van der Waals surface area contributed by atoms with Gasteiger partial charge in [-0.3, -0.25) is 9.59 Å². The van der Waals surface area contributed by atoms with E-state index in [-0.39, 0.29) is 17.2 Å². The van der Waals surface area contributed by atoms with Crippen molar-refractivity contribution in [3.05, 3.63) is 35.4 Å². The maximum absolute atomic E-state index is 11.7. The maximum Gasteiger partial charge on any atom is 0.248 e. The summed E-state index contributed by atoms with van der Waals surface area (Å²) in [6.45, 7) is 3.41. The van der Waals surface area contributed by atoms with Gasteiger partial charge < -0.3 is 15.6 Å². The molecule has 0 aromatic heterocycles. The van der Waals surface area contributed by atoms with Gasteiger partial charge in [-0.05, 0) is 26.0 Å². The third-order valence-electron chi connectivity index (χ3n) is 2.06. The number of nitrogens with two attached hydrogens (primary N) is 1. The van der Waals surface area contributed by atoms with Crippen LogP contribution in [0.3, 0.4) is 0 Å². The zero-order chi connectivity index (χ0) is 13.0. The molecule has 0 saturated carbocycles. The van der Waals surface area contributed by atoms with Gasteiger partial charge in [-0.1, -0.05) is 12.1 Å². The van der Waals surface area contributed by atoms with E-state index in [1.54, 1.807) is 13.8 Å².